The molecular formula is C12H13N3OS2. The standard InChI is InChI=1S/C12H13N3OS2/c1-9(16)13-11-14-15-12(18-11)17-8-7-10-5-3-2-4-6-10/h2-6H,7-8H2,1H3,(H,13,14,16). The van der Waals surface area contributed by atoms with Crippen LogP contribution in [0.25, 0.3) is 0 Å². The van der Waals surface area contributed by atoms with Gasteiger partial charge in [0.15, 0.2) is 4.34 Å². The van der Waals surface area contributed by atoms with Crippen molar-refractivity contribution in [3.8, 4) is 0 Å². The van der Waals surface area contributed by atoms with Crippen molar-refractivity contribution in [1.29, 1.82) is 0 Å². The molecule has 0 atom stereocenters. The van der Waals surface area contributed by atoms with Crippen molar-refractivity contribution >= 4 is 34.1 Å². The molecule has 1 amide bonds. The zero-order valence-corrected chi connectivity index (χ0v) is 11.6. The molecule has 0 aliphatic heterocycles. The van der Waals surface area contributed by atoms with Crippen LogP contribution in [0, 0.1) is 0 Å². The van der Waals surface area contributed by atoms with Crippen LogP contribution in [0.5, 0.6) is 0 Å². The first-order chi connectivity index (χ1) is 8.74. The van der Waals surface area contributed by atoms with Gasteiger partial charge in [0, 0.05) is 12.7 Å². The number of thioether (sulfide) groups is 1. The molecule has 1 aromatic carbocycles. The van der Waals surface area contributed by atoms with Crippen molar-refractivity contribution in [2.75, 3.05) is 11.1 Å². The molecule has 0 radical (unpaired) electrons. The molecule has 1 aromatic heterocycles. The van der Waals surface area contributed by atoms with E-state index in [-0.39, 0.29) is 5.91 Å². The van der Waals surface area contributed by atoms with Gasteiger partial charge < -0.3 is 5.32 Å². The number of nitrogens with zero attached hydrogens (tertiary/aromatic N) is 2. The van der Waals surface area contributed by atoms with Crippen LogP contribution in [-0.2, 0) is 11.2 Å². The summed E-state index contributed by atoms with van der Waals surface area (Å²) in [4.78, 5) is 10.8. The maximum Gasteiger partial charge on any atom is 0.223 e. The van der Waals surface area contributed by atoms with Crippen molar-refractivity contribution in [1.82, 2.24) is 10.2 Å². The number of nitrogens with one attached hydrogen (secondary N) is 1. The molecule has 0 unspecified atom stereocenters. The van der Waals surface area contributed by atoms with E-state index in [1.54, 1.807) is 11.8 Å². The Balaban J connectivity index is 1.80. The number of benzene rings is 1. The average molecular weight is 279 g/mol. The summed E-state index contributed by atoms with van der Waals surface area (Å²) in [5.41, 5.74) is 1.32. The van der Waals surface area contributed by atoms with Crippen LogP contribution in [0.2, 0.25) is 0 Å². The second-order valence-electron chi connectivity index (χ2n) is 3.64. The molecule has 0 fully saturated rings. The fraction of sp³-hybridized carbons (Fsp3) is 0.250. The van der Waals surface area contributed by atoms with Crippen molar-refractivity contribution < 1.29 is 4.79 Å². The lowest BCUT2D eigenvalue weighted by molar-refractivity contribution is -0.114. The third-order valence-electron chi connectivity index (χ3n) is 2.15. The van der Waals surface area contributed by atoms with Crippen LogP contribution in [0.1, 0.15) is 12.5 Å². The lowest BCUT2D eigenvalue weighted by Crippen LogP contribution is -2.04. The summed E-state index contributed by atoms with van der Waals surface area (Å²) in [5, 5.41) is 11.1. The smallest absolute Gasteiger partial charge is 0.223 e. The zero-order valence-electron chi connectivity index (χ0n) is 9.92. The van der Waals surface area contributed by atoms with Gasteiger partial charge in [-0.25, -0.2) is 0 Å². The Hall–Kier alpha value is -1.40. The van der Waals surface area contributed by atoms with Gasteiger partial charge in [0.2, 0.25) is 11.0 Å². The van der Waals surface area contributed by atoms with E-state index in [4.69, 9.17) is 0 Å². The van der Waals surface area contributed by atoms with E-state index in [0.29, 0.717) is 5.13 Å². The summed E-state index contributed by atoms with van der Waals surface area (Å²) in [6, 6.07) is 10.3. The number of amides is 1. The number of rotatable bonds is 5. The maximum atomic E-state index is 10.8. The molecule has 0 spiro atoms. The largest absolute Gasteiger partial charge is 0.301 e. The highest BCUT2D eigenvalue weighted by Gasteiger charge is 2.05. The lowest BCUT2D eigenvalue weighted by atomic mass is 10.2. The zero-order chi connectivity index (χ0) is 12.8. The first-order valence-electron chi connectivity index (χ1n) is 5.52. The van der Waals surface area contributed by atoms with E-state index < -0.39 is 0 Å². The van der Waals surface area contributed by atoms with E-state index in [2.05, 4.69) is 27.6 Å². The SMILES string of the molecule is CC(=O)Nc1nnc(SCCc2ccccc2)s1. The van der Waals surface area contributed by atoms with E-state index in [1.165, 1.54) is 23.8 Å². The molecule has 0 bridgehead atoms. The number of hydrogen-bond donors (Lipinski definition) is 1. The van der Waals surface area contributed by atoms with Gasteiger partial charge in [0.1, 0.15) is 0 Å². The van der Waals surface area contributed by atoms with Crippen LogP contribution in [0.3, 0.4) is 0 Å². The maximum absolute atomic E-state index is 10.8. The predicted octanol–water partition coefficient (Wildman–Crippen LogP) is 2.83. The van der Waals surface area contributed by atoms with Crippen LogP contribution in [0.15, 0.2) is 34.7 Å². The third kappa shape index (κ3) is 4.12. The molecule has 0 saturated heterocycles. The monoisotopic (exact) mass is 279 g/mol. The quantitative estimate of drug-likeness (QED) is 0.675. The van der Waals surface area contributed by atoms with Crippen LogP contribution < -0.4 is 5.32 Å². The van der Waals surface area contributed by atoms with Gasteiger partial charge in [0.25, 0.3) is 0 Å². The van der Waals surface area contributed by atoms with Gasteiger partial charge >= 0.3 is 0 Å². The minimum absolute atomic E-state index is 0.119. The second-order valence-corrected chi connectivity index (χ2v) is 5.96. The summed E-state index contributed by atoms with van der Waals surface area (Å²) < 4.78 is 0.884. The summed E-state index contributed by atoms with van der Waals surface area (Å²) >= 11 is 3.06. The van der Waals surface area contributed by atoms with Gasteiger partial charge in [-0.3, -0.25) is 4.79 Å². The number of hydrogen-bond acceptors (Lipinski definition) is 5. The Morgan fingerprint density at radius 2 is 2.11 bits per heavy atom. The highest BCUT2D eigenvalue weighted by molar-refractivity contribution is 8.01. The van der Waals surface area contributed by atoms with Crippen LogP contribution in [-0.4, -0.2) is 21.9 Å². The number of aryl methyl sites for hydroxylation is 1. The van der Waals surface area contributed by atoms with Gasteiger partial charge in [0.05, 0.1) is 0 Å². The topological polar surface area (TPSA) is 54.9 Å². The molecule has 2 rings (SSSR count). The minimum Gasteiger partial charge on any atom is -0.301 e. The van der Waals surface area contributed by atoms with Gasteiger partial charge in [-0.15, -0.1) is 10.2 Å². The number of carbonyl (C=O) groups excluding carboxylic acids is 1. The first-order valence-corrected chi connectivity index (χ1v) is 7.32. The van der Waals surface area contributed by atoms with Crippen LogP contribution in [0.4, 0.5) is 5.13 Å². The molecule has 0 saturated carbocycles. The highest BCUT2D eigenvalue weighted by atomic mass is 32.2. The van der Waals surface area contributed by atoms with Crippen molar-refractivity contribution in [2.24, 2.45) is 0 Å². The molecule has 4 nitrogen and oxygen atoms in total. The Morgan fingerprint density at radius 3 is 2.83 bits per heavy atom. The average Bonchev–Trinajstić information content (AvgIpc) is 2.77. The summed E-state index contributed by atoms with van der Waals surface area (Å²) in [5.74, 6) is 0.839. The number of aromatic nitrogens is 2. The van der Waals surface area contributed by atoms with E-state index in [0.717, 1.165) is 16.5 Å². The Labute approximate surface area is 114 Å². The van der Waals surface area contributed by atoms with Crippen LogP contribution >= 0.6 is 23.1 Å². The molecule has 1 heterocycles. The first kappa shape index (κ1) is 13.0. The fourth-order valence-electron chi connectivity index (χ4n) is 1.37. The van der Waals surface area contributed by atoms with E-state index in [1.807, 2.05) is 18.2 Å². The third-order valence-corrected chi connectivity index (χ3v) is 4.12. The molecule has 6 heteroatoms. The summed E-state index contributed by atoms with van der Waals surface area (Å²) in [6.07, 6.45) is 1.00. The summed E-state index contributed by atoms with van der Waals surface area (Å²) in [7, 11) is 0. The Morgan fingerprint density at radius 1 is 1.33 bits per heavy atom. The Kier molecular flexibility index (Phi) is 4.72. The van der Waals surface area contributed by atoms with Crippen molar-refractivity contribution in [3.05, 3.63) is 35.9 Å². The Bertz CT molecular complexity index is 513. The molecule has 2 aromatic rings. The molecule has 0 aliphatic carbocycles. The number of carbonyl (C=O) groups is 1. The molecule has 94 valence electrons. The van der Waals surface area contributed by atoms with Crippen molar-refractivity contribution in [3.63, 3.8) is 0 Å². The normalized spacial score (nSPS) is 10.3. The van der Waals surface area contributed by atoms with E-state index in [9.17, 15) is 4.79 Å². The second kappa shape index (κ2) is 6.51. The predicted molar refractivity (Wildman–Crippen MR) is 75.1 cm³/mol. The summed E-state index contributed by atoms with van der Waals surface area (Å²) in [6.45, 7) is 1.46. The number of anilines is 1. The van der Waals surface area contributed by atoms with Crippen molar-refractivity contribution in [2.45, 2.75) is 17.7 Å². The van der Waals surface area contributed by atoms with E-state index >= 15 is 0 Å². The molecule has 0 aliphatic rings. The highest BCUT2D eigenvalue weighted by Crippen LogP contribution is 2.25. The minimum atomic E-state index is -0.119. The molecule has 1 N–H and O–H groups in total. The fourth-order valence-corrected chi connectivity index (χ4v) is 3.23. The van der Waals surface area contributed by atoms with Gasteiger partial charge in [-0.1, -0.05) is 53.4 Å². The van der Waals surface area contributed by atoms with Gasteiger partial charge in [-0.2, -0.15) is 0 Å². The molecule has 18 heavy (non-hydrogen) atoms. The molecular weight excluding hydrogens is 266 g/mol. The van der Waals surface area contributed by atoms with Gasteiger partial charge in [-0.05, 0) is 12.0 Å². The lowest BCUT2D eigenvalue weighted by Gasteiger charge is -1.98.